The summed E-state index contributed by atoms with van der Waals surface area (Å²) in [6.07, 6.45) is 1.97. The third-order valence-corrected chi connectivity index (χ3v) is 4.56. The number of likely N-dealkylation sites (tertiary alicyclic amines) is 1. The molecular formula is C20H25N3O2. The van der Waals surface area contributed by atoms with Crippen LogP contribution in [-0.2, 0) is 11.4 Å². The third kappa shape index (κ3) is 5.05. The molecule has 0 spiro atoms. The van der Waals surface area contributed by atoms with E-state index in [4.69, 9.17) is 0 Å². The molecule has 1 fully saturated rings. The fourth-order valence-electron chi connectivity index (χ4n) is 3.18. The van der Waals surface area contributed by atoms with Gasteiger partial charge in [0.05, 0.1) is 13.2 Å². The summed E-state index contributed by atoms with van der Waals surface area (Å²) in [4.78, 5) is 14.3. The molecule has 1 aliphatic heterocycles. The summed E-state index contributed by atoms with van der Waals surface area (Å²) in [5.74, 6) is 0.0308. The highest BCUT2D eigenvalue weighted by Crippen LogP contribution is 2.20. The van der Waals surface area contributed by atoms with Crippen LogP contribution < -0.4 is 10.6 Å². The van der Waals surface area contributed by atoms with Crippen molar-refractivity contribution in [1.82, 2.24) is 4.90 Å². The Balaban J connectivity index is 1.45. The van der Waals surface area contributed by atoms with Crippen molar-refractivity contribution >= 4 is 17.3 Å². The Hall–Kier alpha value is -2.37. The van der Waals surface area contributed by atoms with Crippen LogP contribution in [0.2, 0.25) is 0 Å². The molecule has 5 heteroatoms. The predicted molar refractivity (Wildman–Crippen MR) is 101 cm³/mol. The maximum Gasteiger partial charge on any atom is 0.238 e. The number of para-hydroxylation sites is 2. The van der Waals surface area contributed by atoms with E-state index in [0.29, 0.717) is 12.6 Å². The van der Waals surface area contributed by atoms with Gasteiger partial charge in [0.1, 0.15) is 0 Å². The number of aliphatic hydroxyl groups excluding tert-OH is 1. The largest absolute Gasteiger partial charge is 0.392 e. The average molecular weight is 339 g/mol. The minimum atomic E-state index is 0.0308. The van der Waals surface area contributed by atoms with Gasteiger partial charge in [-0.1, -0.05) is 36.4 Å². The smallest absolute Gasteiger partial charge is 0.238 e. The SMILES string of the molecule is O=C(CN1CCC(Nc2ccccc2CO)CC1)Nc1ccccc1. The van der Waals surface area contributed by atoms with Gasteiger partial charge in [0.25, 0.3) is 0 Å². The van der Waals surface area contributed by atoms with Gasteiger partial charge in [-0.15, -0.1) is 0 Å². The monoisotopic (exact) mass is 339 g/mol. The lowest BCUT2D eigenvalue weighted by atomic mass is 10.0. The van der Waals surface area contributed by atoms with Gasteiger partial charge >= 0.3 is 0 Å². The zero-order valence-electron chi connectivity index (χ0n) is 14.3. The summed E-state index contributed by atoms with van der Waals surface area (Å²) in [6.45, 7) is 2.25. The van der Waals surface area contributed by atoms with E-state index in [2.05, 4.69) is 15.5 Å². The zero-order valence-corrected chi connectivity index (χ0v) is 14.3. The lowest BCUT2D eigenvalue weighted by Crippen LogP contribution is -2.42. The van der Waals surface area contributed by atoms with Gasteiger partial charge in [-0.25, -0.2) is 0 Å². The van der Waals surface area contributed by atoms with Crippen molar-refractivity contribution in [1.29, 1.82) is 0 Å². The van der Waals surface area contributed by atoms with Crippen LogP contribution in [0.15, 0.2) is 54.6 Å². The molecule has 132 valence electrons. The number of piperidine rings is 1. The molecule has 0 atom stereocenters. The molecular weight excluding hydrogens is 314 g/mol. The Morgan fingerprint density at radius 1 is 1.04 bits per heavy atom. The lowest BCUT2D eigenvalue weighted by molar-refractivity contribution is -0.117. The molecule has 1 aliphatic rings. The lowest BCUT2D eigenvalue weighted by Gasteiger charge is -2.32. The highest BCUT2D eigenvalue weighted by atomic mass is 16.3. The van der Waals surface area contributed by atoms with Crippen molar-refractivity contribution in [2.45, 2.75) is 25.5 Å². The molecule has 0 aliphatic carbocycles. The Labute approximate surface area is 148 Å². The molecule has 1 heterocycles. The standard InChI is InChI=1S/C20H25N3O2/c24-15-16-6-4-5-9-19(16)21-18-10-12-23(13-11-18)14-20(25)22-17-7-2-1-3-8-17/h1-9,18,21,24H,10-15H2,(H,22,25). The second kappa shape index (κ2) is 8.65. The van der Waals surface area contributed by atoms with Crippen molar-refractivity contribution in [2.75, 3.05) is 30.3 Å². The van der Waals surface area contributed by atoms with E-state index >= 15 is 0 Å². The van der Waals surface area contributed by atoms with Crippen LogP contribution in [0.25, 0.3) is 0 Å². The van der Waals surface area contributed by atoms with E-state index in [1.165, 1.54) is 0 Å². The second-order valence-corrected chi connectivity index (χ2v) is 6.42. The van der Waals surface area contributed by atoms with Crippen LogP contribution in [-0.4, -0.2) is 41.6 Å². The summed E-state index contributed by atoms with van der Waals surface area (Å²) in [6, 6.07) is 17.8. The fourth-order valence-corrected chi connectivity index (χ4v) is 3.18. The topological polar surface area (TPSA) is 64.6 Å². The van der Waals surface area contributed by atoms with Crippen molar-refractivity contribution < 1.29 is 9.90 Å². The number of carbonyl (C=O) groups is 1. The first-order valence-corrected chi connectivity index (χ1v) is 8.77. The minimum absolute atomic E-state index is 0.0308. The highest BCUT2D eigenvalue weighted by molar-refractivity contribution is 5.92. The van der Waals surface area contributed by atoms with E-state index in [-0.39, 0.29) is 12.5 Å². The van der Waals surface area contributed by atoms with Gasteiger partial charge < -0.3 is 15.7 Å². The molecule has 0 unspecified atom stereocenters. The Kier molecular flexibility index (Phi) is 6.04. The van der Waals surface area contributed by atoms with E-state index in [0.717, 1.165) is 42.9 Å². The Bertz CT molecular complexity index is 682. The van der Waals surface area contributed by atoms with Gasteiger partial charge in [-0.2, -0.15) is 0 Å². The number of benzene rings is 2. The van der Waals surface area contributed by atoms with E-state index in [1.54, 1.807) is 0 Å². The van der Waals surface area contributed by atoms with Crippen LogP contribution in [0, 0.1) is 0 Å². The normalized spacial score (nSPS) is 15.7. The molecule has 5 nitrogen and oxygen atoms in total. The number of rotatable bonds is 6. The van der Waals surface area contributed by atoms with Crippen molar-refractivity contribution in [3.8, 4) is 0 Å². The van der Waals surface area contributed by atoms with E-state index < -0.39 is 0 Å². The third-order valence-electron chi connectivity index (χ3n) is 4.56. The van der Waals surface area contributed by atoms with Crippen molar-refractivity contribution in [3.63, 3.8) is 0 Å². The van der Waals surface area contributed by atoms with Crippen LogP contribution in [0.1, 0.15) is 18.4 Å². The number of hydrogen-bond acceptors (Lipinski definition) is 4. The van der Waals surface area contributed by atoms with Gasteiger partial charge in [0, 0.05) is 36.1 Å². The molecule has 3 rings (SSSR count). The van der Waals surface area contributed by atoms with Gasteiger partial charge in [0.15, 0.2) is 0 Å². The molecule has 0 radical (unpaired) electrons. The second-order valence-electron chi connectivity index (χ2n) is 6.42. The minimum Gasteiger partial charge on any atom is -0.392 e. The number of hydrogen-bond donors (Lipinski definition) is 3. The Morgan fingerprint density at radius 3 is 2.44 bits per heavy atom. The van der Waals surface area contributed by atoms with Crippen molar-refractivity contribution in [2.24, 2.45) is 0 Å². The maximum absolute atomic E-state index is 12.1. The number of carbonyl (C=O) groups excluding carboxylic acids is 1. The van der Waals surface area contributed by atoms with Gasteiger partial charge in [-0.05, 0) is 31.0 Å². The summed E-state index contributed by atoms with van der Waals surface area (Å²) < 4.78 is 0. The molecule has 2 aromatic carbocycles. The number of nitrogens with zero attached hydrogens (tertiary/aromatic N) is 1. The molecule has 0 aromatic heterocycles. The van der Waals surface area contributed by atoms with E-state index in [9.17, 15) is 9.90 Å². The van der Waals surface area contributed by atoms with Crippen LogP contribution in [0.3, 0.4) is 0 Å². The van der Waals surface area contributed by atoms with E-state index in [1.807, 2.05) is 54.6 Å². The molecule has 3 N–H and O–H groups in total. The number of anilines is 2. The van der Waals surface area contributed by atoms with Crippen molar-refractivity contribution in [3.05, 3.63) is 60.2 Å². The van der Waals surface area contributed by atoms with Gasteiger partial charge in [-0.3, -0.25) is 9.69 Å². The molecule has 0 bridgehead atoms. The van der Waals surface area contributed by atoms with Crippen LogP contribution in [0.4, 0.5) is 11.4 Å². The Morgan fingerprint density at radius 2 is 1.72 bits per heavy atom. The molecule has 0 saturated carbocycles. The molecule has 1 saturated heterocycles. The molecule has 2 aromatic rings. The first kappa shape index (κ1) is 17.5. The van der Waals surface area contributed by atoms with Crippen LogP contribution in [0.5, 0.6) is 0 Å². The predicted octanol–water partition coefficient (Wildman–Crippen LogP) is 2.69. The zero-order chi connectivity index (χ0) is 17.5. The summed E-state index contributed by atoms with van der Waals surface area (Å²) in [5, 5.41) is 15.9. The molecule has 25 heavy (non-hydrogen) atoms. The summed E-state index contributed by atoms with van der Waals surface area (Å²) in [5.41, 5.74) is 2.77. The first-order valence-electron chi connectivity index (χ1n) is 8.77. The maximum atomic E-state index is 12.1. The average Bonchev–Trinajstić information content (AvgIpc) is 2.64. The number of amides is 1. The van der Waals surface area contributed by atoms with Gasteiger partial charge in [0.2, 0.25) is 5.91 Å². The fraction of sp³-hybridized carbons (Fsp3) is 0.350. The molecule has 1 amide bonds. The summed E-state index contributed by atoms with van der Waals surface area (Å²) in [7, 11) is 0. The number of nitrogens with one attached hydrogen (secondary N) is 2. The number of aliphatic hydroxyl groups is 1. The quantitative estimate of drug-likeness (QED) is 0.757. The summed E-state index contributed by atoms with van der Waals surface area (Å²) >= 11 is 0. The first-order chi connectivity index (χ1) is 12.2. The van der Waals surface area contributed by atoms with Crippen LogP contribution >= 0.6 is 0 Å². The highest BCUT2D eigenvalue weighted by Gasteiger charge is 2.21.